The van der Waals surface area contributed by atoms with Crippen molar-refractivity contribution >= 4 is 5.97 Å². The van der Waals surface area contributed by atoms with Gasteiger partial charge in [0.2, 0.25) is 6.23 Å². The molecule has 0 aliphatic carbocycles. The molecule has 1 unspecified atom stereocenters. The first kappa shape index (κ1) is 10.3. The van der Waals surface area contributed by atoms with Gasteiger partial charge < -0.3 is 9.57 Å². The molecule has 0 saturated carbocycles. The Balaban J connectivity index is 3.36. The fourth-order valence-corrected chi connectivity index (χ4v) is 0.490. The van der Waals surface area contributed by atoms with Crippen LogP contribution in [-0.2, 0) is 14.4 Å². The third-order valence-corrected chi connectivity index (χ3v) is 1.14. The van der Waals surface area contributed by atoms with Gasteiger partial charge in [0.15, 0.2) is 0 Å². The van der Waals surface area contributed by atoms with E-state index in [-0.39, 0.29) is 0 Å². The molecule has 1 atom stereocenters. The van der Waals surface area contributed by atoms with E-state index in [1.54, 1.807) is 0 Å². The molecule has 0 aromatic carbocycles. The highest BCUT2D eigenvalue weighted by atomic mass is 16.7. The smallest absolute Gasteiger partial charge is 0.368 e. The van der Waals surface area contributed by atoms with Crippen molar-refractivity contribution in [2.24, 2.45) is 11.6 Å². The standard InChI is InChI=1S/C6H14N2O3/c1-2-3-4-10-5(7)6(9)11-8/h5H,2-4,7-8H2,1H3. The Bertz CT molecular complexity index is 118. The van der Waals surface area contributed by atoms with Gasteiger partial charge in [-0.1, -0.05) is 13.3 Å². The van der Waals surface area contributed by atoms with E-state index in [0.29, 0.717) is 6.61 Å². The average Bonchev–Trinajstić information content (AvgIpc) is 2.03. The van der Waals surface area contributed by atoms with Gasteiger partial charge in [0.05, 0.1) is 0 Å². The maximum Gasteiger partial charge on any atom is 0.368 e. The summed E-state index contributed by atoms with van der Waals surface area (Å²) < 4.78 is 4.86. The van der Waals surface area contributed by atoms with Crippen molar-refractivity contribution in [3.05, 3.63) is 0 Å². The molecule has 0 aromatic heterocycles. The highest BCUT2D eigenvalue weighted by molar-refractivity contribution is 5.73. The summed E-state index contributed by atoms with van der Waals surface area (Å²) in [6.45, 7) is 2.46. The van der Waals surface area contributed by atoms with Gasteiger partial charge in [-0.15, -0.1) is 0 Å². The number of nitrogens with two attached hydrogens (primary N) is 2. The lowest BCUT2D eigenvalue weighted by molar-refractivity contribution is -0.157. The topological polar surface area (TPSA) is 87.6 Å². The Labute approximate surface area is 65.6 Å². The summed E-state index contributed by atoms with van der Waals surface area (Å²) in [4.78, 5) is 14.4. The van der Waals surface area contributed by atoms with E-state index in [9.17, 15) is 4.79 Å². The number of rotatable bonds is 5. The molecule has 5 heteroatoms. The van der Waals surface area contributed by atoms with Crippen LogP contribution in [0.3, 0.4) is 0 Å². The summed E-state index contributed by atoms with van der Waals surface area (Å²) in [5.74, 6) is 3.82. The van der Waals surface area contributed by atoms with E-state index in [2.05, 4.69) is 10.7 Å². The van der Waals surface area contributed by atoms with Gasteiger partial charge in [-0.05, 0) is 6.42 Å². The molecule has 0 heterocycles. The third kappa shape index (κ3) is 4.72. The number of hydrogen-bond donors (Lipinski definition) is 2. The molecule has 0 aliphatic rings. The van der Waals surface area contributed by atoms with Crippen molar-refractivity contribution in [1.29, 1.82) is 0 Å². The van der Waals surface area contributed by atoms with Crippen LogP contribution >= 0.6 is 0 Å². The molecule has 0 rings (SSSR count). The van der Waals surface area contributed by atoms with Crippen molar-refractivity contribution in [3.63, 3.8) is 0 Å². The molecular formula is C6H14N2O3. The second kappa shape index (κ2) is 6.09. The van der Waals surface area contributed by atoms with Crippen LogP contribution in [0.1, 0.15) is 19.8 Å². The summed E-state index contributed by atoms with van der Waals surface area (Å²) in [6, 6.07) is 0. The maximum atomic E-state index is 10.5. The molecule has 0 fully saturated rings. The summed E-state index contributed by atoms with van der Waals surface area (Å²) >= 11 is 0. The molecule has 0 radical (unpaired) electrons. The quantitative estimate of drug-likeness (QED) is 0.323. The molecular weight excluding hydrogens is 148 g/mol. The number of hydrogen-bond acceptors (Lipinski definition) is 5. The number of ether oxygens (including phenoxy) is 1. The summed E-state index contributed by atoms with van der Waals surface area (Å²) in [5, 5.41) is 0. The predicted molar refractivity (Wildman–Crippen MR) is 39.1 cm³/mol. The number of unbranched alkanes of at least 4 members (excludes halogenated alkanes) is 1. The zero-order valence-corrected chi connectivity index (χ0v) is 6.58. The van der Waals surface area contributed by atoms with E-state index in [1.807, 2.05) is 6.92 Å². The highest BCUT2D eigenvalue weighted by Gasteiger charge is 2.13. The minimum atomic E-state index is -1.05. The Hall–Kier alpha value is -0.650. The Kier molecular flexibility index (Phi) is 5.73. The van der Waals surface area contributed by atoms with E-state index in [1.165, 1.54) is 0 Å². The van der Waals surface area contributed by atoms with Crippen molar-refractivity contribution in [2.75, 3.05) is 6.61 Å². The van der Waals surface area contributed by atoms with E-state index >= 15 is 0 Å². The highest BCUT2D eigenvalue weighted by Crippen LogP contribution is 1.91. The van der Waals surface area contributed by atoms with Gasteiger partial charge in [0, 0.05) is 6.61 Å². The lowest BCUT2D eigenvalue weighted by Crippen LogP contribution is -2.36. The third-order valence-electron chi connectivity index (χ3n) is 1.14. The van der Waals surface area contributed by atoms with Gasteiger partial charge in [-0.3, -0.25) is 5.73 Å². The zero-order valence-electron chi connectivity index (χ0n) is 6.58. The van der Waals surface area contributed by atoms with Gasteiger partial charge >= 0.3 is 5.97 Å². The molecule has 5 nitrogen and oxygen atoms in total. The first-order chi connectivity index (χ1) is 5.22. The second-order valence-electron chi connectivity index (χ2n) is 2.08. The van der Waals surface area contributed by atoms with Crippen LogP contribution in [0, 0.1) is 0 Å². The normalized spacial score (nSPS) is 12.6. The average molecular weight is 162 g/mol. The van der Waals surface area contributed by atoms with Gasteiger partial charge in [-0.2, -0.15) is 5.90 Å². The molecule has 0 aliphatic heterocycles. The Morgan fingerprint density at radius 3 is 2.73 bits per heavy atom. The van der Waals surface area contributed by atoms with Crippen molar-refractivity contribution < 1.29 is 14.4 Å². The van der Waals surface area contributed by atoms with Crippen LogP contribution in [0.25, 0.3) is 0 Å². The molecule has 0 saturated heterocycles. The fraction of sp³-hybridized carbons (Fsp3) is 0.833. The summed E-state index contributed by atoms with van der Waals surface area (Å²) in [5.41, 5.74) is 5.19. The molecule has 66 valence electrons. The van der Waals surface area contributed by atoms with Gasteiger partial charge in [-0.25, -0.2) is 4.79 Å². The van der Waals surface area contributed by atoms with Crippen molar-refractivity contribution in [2.45, 2.75) is 26.0 Å². The van der Waals surface area contributed by atoms with Gasteiger partial charge in [0.1, 0.15) is 0 Å². The van der Waals surface area contributed by atoms with Crippen molar-refractivity contribution in [3.8, 4) is 0 Å². The molecule has 4 N–H and O–H groups in total. The minimum Gasteiger partial charge on any atom is -0.370 e. The Morgan fingerprint density at radius 1 is 1.64 bits per heavy atom. The predicted octanol–water partition coefficient (Wildman–Crippen LogP) is -0.495. The number of carbonyl (C=O) groups is 1. The summed E-state index contributed by atoms with van der Waals surface area (Å²) in [7, 11) is 0. The molecule has 0 bridgehead atoms. The van der Waals surface area contributed by atoms with Crippen LogP contribution < -0.4 is 11.6 Å². The maximum absolute atomic E-state index is 10.5. The SMILES string of the molecule is CCCCOC(N)C(=O)ON. The summed E-state index contributed by atoms with van der Waals surface area (Å²) in [6.07, 6.45) is 0.808. The fourth-order valence-electron chi connectivity index (χ4n) is 0.490. The number of carbonyl (C=O) groups excluding carboxylic acids is 1. The molecule has 0 amide bonds. The van der Waals surface area contributed by atoms with Crippen LogP contribution in [0.5, 0.6) is 0 Å². The van der Waals surface area contributed by atoms with Crippen molar-refractivity contribution in [1.82, 2.24) is 0 Å². The van der Waals surface area contributed by atoms with E-state index < -0.39 is 12.2 Å². The van der Waals surface area contributed by atoms with E-state index in [0.717, 1.165) is 12.8 Å². The first-order valence-corrected chi connectivity index (χ1v) is 3.50. The van der Waals surface area contributed by atoms with Crippen LogP contribution in [0.15, 0.2) is 0 Å². The lowest BCUT2D eigenvalue weighted by atomic mass is 10.4. The molecule has 11 heavy (non-hydrogen) atoms. The van der Waals surface area contributed by atoms with E-state index in [4.69, 9.17) is 10.5 Å². The minimum absolute atomic E-state index is 0.451. The van der Waals surface area contributed by atoms with Gasteiger partial charge in [0.25, 0.3) is 0 Å². The molecule has 0 spiro atoms. The Morgan fingerprint density at radius 2 is 2.27 bits per heavy atom. The molecule has 0 aromatic rings. The second-order valence-corrected chi connectivity index (χ2v) is 2.08. The lowest BCUT2D eigenvalue weighted by Gasteiger charge is -2.08. The zero-order chi connectivity index (χ0) is 8.69. The van der Waals surface area contributed by atoms with Crippen LogP contribution in [-0.4, -0.2) is 18.8 Å². The monoisotopic (exact) mass is 162 g/mol. The van der Waals surface area contributed by atoms with Crippen LogP contribution in [0.4, 0.5) is 0 Å². The van der Waals surface area contributed by atoms with Crippen LogP contribution in [0.2, 0.25) is 0 Å². The first-order valence-electron chi connectivity index (χ1n) is 3.50. The largest absolute Gasteiger partial charge is 0.370 e.